The fraction of sp³-hybridized carbons (Fsp3) is 0.412. The van der Waals surface area contributed by atoms with Crippen molar-refractivity contribution < 1.29 is 4.57 Å². The first-order valence-corrected chi connectivity index (χ1v) is 17.8. The van der Waals surface area contributed by atoms with E-state index < -0.39 is 8.07 Å². The van der Waals surface area contributed by atoms with Gasteiger partial charge in [0.05, 0.1) is 20.5 Å². The molecule has 1 aromatic heterocycles. The number of nitrogens with zero attached hydrogens (tertiary/aromatic N) is 2. The minimum Gasteiger partial charge on any atom is -0.285 e. The highest BCUT2D eigenvalue weighted by molar-refractivity contribution is 6.89. The second-order valence-electron chi connectivity index (χ2n) is 12.6. The molecule has 2 atom stereocenters. The molecule has 0 saturated heterocycles. The first-order chi connectivity index (χ1) is 17.8. The molecule has 2 aliphatic heterocycles. The average molecular weight is 506 g/mol. The molecule has 0 radical (unpaired) electrons. The third-order valence-corrected chi connectivity index (χ3v) is 11.2. The van der Waals surface area contributed by atoms with Crippen LogP contribution in [-0.4, -0.2) is 20.3 Å². The smallest absolute Gasteiger partial charge is 0.213 e. The minimum absolute atomic E-state index is 0.236. The Hall–Kier alpha value is -2.78. The minimum atomic E-state index is -1.55. The van der Waals surface area contributed by atoms with Gasteiger partial charge in [-0.15, -0.1) is 0 Å². The molecular formula is C34H41N2Si+. The Morgan fingerprint density at radius 3 is 2.35 bits per heavy atom. The van der Waals surface area contributed by atoms with E-state index in [9.17, 15) is 0 Å². The van der Waals surface area contributed by atoms with Gasteiger partial charge in [-0.3, -0.25) is 4.99 Å². The lowest BCUT2D eigenvalue weighted by Crippen LogP contribution is -2.54. The number of pyridine rings is 1. The third kappa shape index (κ3) is 4.35. The third-order valence-electron chi connectivity index (χ3n) is 9.14. The summed E-state index contributed by atoms with van der Waals surface area (Å²) >= 11 is 0. The molecule has 1 saturated carbocycles. The lowest BCUT2D eigenvalue weighted by molar-refractivity contribution is -0.708. The van der Waals surface area contributed by atoms with E-state index in [1.54, 1.807) is 10.8 Å². The van der Waals surface area contributed by atoms with E-state index in [4.69, 9.17) is 11.6 Å². The molecule has 37 heavy (non-hydrogen) atoms. The van der Waals surface area contributed by atoms with Gasteiger partial charge in [-0.2, -0.15) is 4.57 Å². The average Bonchev–Trinajstić information content (AvgIpc) is 3.43. The van der Waals surface area contributed by atoms with Crippen LogP contribution in [0.3, 0.4) is 0 Å². The number of aromatic nitrogens is 1. The lowest BCUT2D eigenvalue weighted by atomic mass is 9.76. The first-order valence-electron chi connectivity index (χ1n) is 14.3. The molecule has 0 amide bonds. The monoisotopic (exact) mass is 505 g/mol. The van der Waals surface area contributed by atoms with Gasteiger partial charge in [0, 0.05) is 28.1 Å². The second kappa shape index (κ2) is 9.51. The van der Waals surface area contributed by atoms with Crippen molar-refractivity contribution in [1.29, 1.82) is 0 Å². The first kappa shape index (κ1) is 24.5. The molecule has 1 aliphatic carbocycles. The second-order valence-corrected chi connectivity index (χ2v) is 17.6. The highest BCUT2D eigenvalue weighted by Gasteiger charge is 2.43. The molecule has 0 bridgehead atoms. The molecular weight excluding hydrogens is 464 g/mol. The number of hydrogen-bond acceptors (Lipinski definition) is 1. The van der Waals surface area contributed by atoms with E-state index in [-0.39, 0.29) is 6.04 Å². The molecule has 3 heterocycles. The van der Waals surface area contributed by atoms with Crippen LogP contribution in [-0.2, 0) is 6.42 Å². The largest absolute Gasteiger partial charge is 0.285 e. The van der Waals surface area contributed by atoms with Crippen LogP contribution >= 0.6 is 0 Å². The summed E-state index contributed by atoms with van der Waals surface area (Å²) in [5.41, 5.74) is 11.0. The molecule has 6 rings (SSSR count). The van der Waals surface area contributed by atoms with Gasteiger partial charge < -0.3 is 0 Å². The van der Waals surface area contributed by atoms with Crippen molar-refractivity contribution in [3.8, 4) is 11.3 Å². The van der Waals surface area contributed by atoms with E-state index in [0.29, 0.717) is 18.4 Å². The summed E-state index contributed by atoms with van der Waals surface area (Å²) in [5, 5.41) is 1.65. The molecule has 0 spiro atoms. The summed E-state index contributed by atoms with van der Waals surface area (Å²) in [5.74, 6) is 1.11. The predicted octanol–water partition coefficient (Wildman–Crippen LogP) is 7.49. The molecule has 3 aliphatic rings. The van der Waals surface area contributed by atoms with Crippen LogP contribution in [0.25, 0.3) is 11.3 Å². The molecule has 3 aromatic rings. The summed E-state index contributed by atoms with van der Waals surface area (Å²) in [4.78, 5) is 5.09. The van der Waals surface area contributed by atoms with Crippen LogP contribution in [0, 0.1) is 0 Å². The van der Waals surface area contributed by atoms with Crippen LogP contribution in [0.1, 0.15) is 79.2 Å². The van der Waals surface area contributed by atoms with E-state index in [1.807, 2.05) is 0 Å². The zero-order valence-electron chi connectivity index (χ0n) is 23.1. The Kier molecular flexibility index (Phi) is 6.31. The summed E-state index contributed by atoms with van der Waals surface area (Å²) in [6.45, 7) is 15.1. The topological polar surface area (TPSA) is 16.2 Å². The highest BCUT2D eigenvalue weighted by atomic mass is 28.3. The summed E-state index contributed by atoms with van der Waals surface area (Å²) in [7, 11) is -1.55. The zero-order valence-corrected chi connectivity index (χ0v) is 24.1. The van der Waals surface area contributed by atoms with Gasteiger partial charge in [0.1, 0.15) is 0 Å². The number of fused-ring (bicyclic) bond motifs is 7. The van der Waals surface area contributed by atoms with Gasteiger partial charge in [0.15, 0.2) is 12.2 Å². The van der Waals surface area contributed by atoms with Crippen molar-refractivity contribution in [2.75, 3.05) is 6.54 Å². The van der Waals surface area contributed by atoms with Crippen molar-refractivity contribution in [3.05, 3.63) is 95.2 Å². The molecule has 0 N–H and O–H groups in total. The van der Waals surface area contributed by atoms with Gasteiger partial charge in [0.25, 0.3) is 0 Å². The van der Waals surface area contributed by atoms with Gasteiger partial charge in [0.2, 0.25) is 5.69 Å². The zero-order chi connectivity index (χ0) is 25.7. The van der Waals surface area contributed by atoms with Gasteiger partial charge in [-0.25, -0.2) is 0 Å². The Morgan fingerprint density at radius 1 is 0.892 bits per heavy atom. The van der Waals surface area contributed by atoms with E-state index >= 15 is 0 Å². The van der Waals surface area contributed by atoms with Crippen molar-refractivity contribution >= 4 is 19.0 Å². The SMILES string of the molecule is C=C1C/N=C(/C)c2ccccc2CCC2c3ccccc3-c3cc(C4CCCC4)c([Si](C)(C)C)c[n+]3C12. The fourth-order valence-corrected chi connectivity index (χ4v) is 8.91. The maximum Gasteiger partial charge on any atom is 0.213 e. The molecule has 2 unspecified atom stereocenters. The van der Waals surface area contributed by atoms with Crippen molar-refractivity contribution in [2.45, 2.75) is 83.0 Å². The lowest BCUT2D eigenvalue weighted by Gasteiger charge is -2.34. The molecule has 3 heteroatoms. The van der Waals surface area contributed by atoms with Crippen LogP contribution in [0.4, 0.5) is 0 Å². The Morgan fingerprint density at radius 2 is 1.59 bits per heavy atom. The standard InChI is InChI=1S/C34H41N2Si/c1-23-21-35-24(2)27-15-9-8-14-26(27)18-19-30-28-16-10-11-17-29(28)32-20-31(25-12-6-7-13-25)33(37(3,4)5)22-36(32)34(23)30/h8-11,14-17,20,22,25,30,34H,1,6-7,12-13,18-19,21H2,2-5H3/q+1/b35-24-. The van der Waals surface area contributed by atoms with E-state index in [1.165, 1.54) is 59.2 Å². The van der Waals surface area contributed by atoms with E-state index in [0.717, 1.165) is 18.6 Å². The van der Waals surface area contributed by atoms with Crippen LogP contribution in [0.15, 0.2) is 77.9 Å². The van der Waals surface area contributed by atoms with Crippen LogP contribution < -0.4 is 9.75 Å². The Bertz CT molecular complexity index is 1390. The Balaban J connectivity index is 1.56. The molecule has 1 fully saturated rings. The van der Waals surface area contributed by atoms with Crippen molar-refractivity contribution in [2.24, 2.45) is 4.99 Å². The molecule has 2 nitrogen and oxygen atoms in total. The quantitative estimate of drug-likeness (QED) is 0.195. The molecule has 2 aromatic carbocycles. The highest BCUT2D eigenvalue weighted by Crippen LogP contribution is 2.45. The maximum absolute atomic E-state index is 5.09. The predicted molar refractivity (Wildman–Crippen MR) is 159 cm³/mol. The van der Waals surface area contributed by atoms with Crippen LogP contribution in [0.5, 0.6) is 0 Å². The summed E-state index contributed by atoms with van der Waals surface area (Å²) in [6, 6.07) is 20.9. The fourth-order valence-electron chi connectivity index (χ4n) is 7.24. The number of rotatable bonds is 2. The Labute approximate surface area is 224 Å². The van der Waals surface area contributed by atoms with Gasteiger partial charge in [-0.05, 0) is 66.8 Å². The van der Waals surface area contributed by atoms with Crippen molar-refractivity contribution in [3.63, 3.8) is 0 Å². The number of benzene rings is 2. The van der Waals surface area contributed by atoms with E-state index in [2.05, 4.69) is 91.9 Å². The van der Waals surface area contributed by atoms with Crippen molar-refractivity contribution in [1.82, 2.24) is 0 Å². The number of hydrogen-bond donors (Lipinski definition) is 0. The van der Waals surface area contributed by atoms with Crippen LogP contribution in [0.2, 0.25) is 19.6 Å². The molecule has 190 valence electrons. The van der Waals surface area contributed by atoms with Gasteiger partial charge in [-0.1, -0.05) is 81.5 Å². The number of aliphatic imine (C=N–C) groups is 1. The van der Waals surface area contributed by atoms with Gasteiger partial charge >= 0.3 is 0 Å². The summed E-state index contributed by atoms with van der Waals surface area (Å²) in [6.07, 6.45) is 10.2. The number of aryl methyl sites for hydroxylation is 1. The normalized spacial score (nSPS) is 23.4. The summed E-state index contributed by atoms with van der Waals surface area (Å²) < 4.78 is 2.64. The maximum atomic E-state index is 5.09.